The summed E-state index contributed by atoms with van der Waals surface area (Å²) in [4.78, 5) is 29.4. The molecule has 0 saturated carbocycles. The van der Waals surface area contributed by atoms with Gasteiger partial charge in [-0.2, -0.15) is 10.1 Å². The zero-order valence-electron chi connectivity index (χ0n) is 16.2. The Labute approximate surface area is 183 Å². The first-order valence-corrected chi connectivity index (χ1v) is 10.3. The van der Waals surface area contributed by atoms with Crippen LogP contribution in [-0.2, 0) is 11.3 Å². The Morgan fingerprint density at radius 2 is 2.03 bits per heavy atom. The molecule has 9 nitrogen and oxygen atoms in total. The largest absolute Gasteiger partial charge is 0.350 e. The second kappa shape index (κ2) is 10.3. The number of benzene rings is 1. The predicted octanol–water partition coefficient (Wildman–Crippen LogP) is 2.67. The molecule has 2 heterocycles. The molecule has 1 aromatic heterocycles. The maximum Gasteiger partial charge on any atom is 0.338 e. The molecular weight excluding hydrogens is 428 g/mol. The zero-order chi connectivity index (χ0) is 21.5. The Morgan fingerprint density at radius 3 is 2.73 bits per heavy atom. The standard InChI is InChI=1S/C19H21ClN6O3S/c1-25(18(28)23-12-14-4-2-3-5-15(14)20)10-11-29-19-26(17(21)27)24-16(30-19)13-6-8-22-9-7-13/h2-9,19H,10-12H2,1H3,(H2,21,27)(H,23,28). The summed E-state index contributed by atoms with van der Waals surface area (Å²) in [5, 5.41) is 9.31. The molecule has 0 fully saturated rings. The van der Waals surface area contributed by atoms with Crippen molar-refractivity contribution in [3.05, 3.63) is 64.9 Å². The van der Waals surface area contributed by atoms with E-state index in [1.165, 1.54) is 16.7 Å². The quantitative estimate of drug-likeness (QED) is 0.676. The maximum atomic E-state index is 12.3. The number of thioether (sulfide) groups is 1. The van der Waals surface area contributed by atoms with Crippen molar-refractivity contribution in [1.29, 1.82) is 0 Å². The third-order valence-corrected chi connectivity index (χ3v) is 5.63. The van der Waals surface area contributed by atoms with Crippen molar-refractivity contribution in [1.82, 2.24) is 20.2 Å². The van der Waals surface area contributed by atoms with Gasteiger partial charge in [-0.15, -0.1) is 0 Å². The van der Waals surface area contributed by atoms with Crippen LogP contribution in [0.2, 0.25) is 5.02 Å². The van der Waals surface area contributed by atoms with Gasteiger partial charge in [0.1, 0.15) is 5.04 Å². The number of carbonyl (C=O) groups is 2. The van der Waals surface area contributed by atoms with Crippen LogP contribution in [0.3, 0.4) is 0 Å². The van der Waals surface area contributed by atoms with Gasteiger partial charge in [0.2, 0.25) is 5.56 Å². The molecule has 0 spiro atoms. The molecule has 158 valence electrons. The molecule has 2 aromatic rings. The van der Waals surface area contributed by atoms with Gasteiger partial charge in [0.25, 0.3) is 0 Å². The van der Waals surface area contributed by atoms with Crippen molar-refractivity contribution in [3.8, 4) is 0 Å². The van der Waals surface area contributed by atoms with Crippen LogP contribution in [0.4, 0.5) is 9.59 Å². The van der Waals surface area contributed by atoms with Crippen molar-refractivity contribution in [3.63, 3.8) is 0 Å². The van der Waals surface area contributed by atoms with E-state index >= 15 is 0 Å². The SMILES string of the molecule is CN(CCOC1SC(c2ccncc2)=NN1C(N)=O)C(=O)NCc1ccccc1Cl. The third kappa shape index (κ3) is 5.62. The second-order valence-electron chi connectivity index (χ2n) is 6.29. The average molecular weight is 449 g/mol. The van der Waals surface area contributed by atoms with Crippen LogP contribution in [0.5, 0.6) is 0 Å². The summed E-state index contributed by atoms with van der Waals surface area (Å²) in [6.45, 7) is 0.819. The normalized spacial score (nSPS) is 15.6. The number of aromatic nitrogens is 1. The molecule has 3 N–H and O–H groups in total. The van der Waals surface area contributed by atoms with Crippen LogP contribution in [0.25, 0.3) is 0 Å². The number of primary amides is 1. The first-order chi connectivity index (χ1) is 14.5. The van der Waals surface area contributed by atoms with E-state index in [1.54, 1.807) is 37.6 Å². The summed E-state index contributed by atoms with van der Waals surface area (Å²) in [6, 6.07) is 9.89. The summed E-state index contributed by atoms with van der Waals surface area (Å²) >= 11 is 7.36. The average Bonchev–Trinajstić information content (AvgIpc) is 3.18. The number of halogens is 1. The highest BCUT2D eigenvalue weighted by Crippen LogP contribution is 2.30. The molecule has 0 saturated heterocycles. The molecule has 30 heavy (non-hydrogen) atoms. The number of hydrazone groups is 1. The number of carbonyl (C=O) groups excluding carboxylic acids is 2. The van der Waals surface area contributed by atoms with E-state index in [9.17, 15) is 9.59 Å². The Kier molecular flexibility index (Phi) is 7.50. The van der Waals surface area contributed by atoms with E-state index in [-0.39, 0.29) is 12.6 Å². The van der Waals surface area contributed by atoms with Crippen LogP contribution in [-0.4, -0.2) is 57.8 Å². The molecule has 1 unspecified atom stereocenters. The monoisotopic (exact) mass is 448 g/mol. The number of nitrogens with two attached hydrogens (primary N) is 1. The molecule has 3 rings (SSSR count). The van der Waals surface area contributed by atoms with Gasteiger partial charge in [-0.25, -0.2) is 9.59 Å². The second-order valence-corrected chi connectivity index (χ2v) is 7.72. The van der Waals surface area contributed by atoms with E-state index in [1.807, 2.05) is 18.2 Å². The summed E-state index contributed by atoms with van der Waals surface area (Å²) in [6.07, 6.45) is 3.27. The van der Waals surface area contributed by atoms with E-state index in [0.717, 1.165) is 16.1 Å². The number of urea groups is 2. The van der Waals surface area contributed by atoms with Crippen molar-refractivity contribution in [2.24, 2.45) is 10.8 Å². The van der Waals surface area contributed by atoms with E-state index in [4.69, 9.17) is 22.1 Å². The van der Waals surface area contributed by atoms with E-state index in [0.29, 0.717) is 23.2 Å². The van der Waals surface area contributed by atoms with Gasteiger partial charge in [-0.05, 0) is 35.5 Å². The Hall–Kier alpha value is -2.82. The number of pyridine rings is 1. The fourth-order valence-electron chi connectivity index (χ4n) is 2.53. The highest BCUT2D eigenvalue weighted by Gasteiger charge is 2.32. The summed E-state index contributed by atoms with van der Waals surface area (Å²) in [5.41, 5.74) is 6.34. The lowest BCUT2D eigenvalue weighted by atomic mass is 10.2. The molecule has 0 bridgehead atoms. The lowest BCUT2D eigenvalue weighted by Crippen LogP contribution is -2.41. The number of hydrogen-bond acceptors (Lipinski definition) is 6. The summed E-state index contributed by atoms with van der Waals surface area (Å²) in [5.74, 6) is 0. The summed E-state index contributed by atoms with van der Waals surface area (Å²) in [7, 11) is 1.65. The molecule has 1 aromatic carbocycles. The lowest BCUT2D eigenvalue weighted by Gasteiger charge is -2.22. The third-order valence-electron chi connectivity index (χ3n) is 4.19. The van der Waals surface area contributed by atoms with Gasteiger partial charge in [0.15, 0.2) is 0 Å². The van der Waals surface area contributed by atoms with Gasteiger partial charge < -0.3 is 20.7 Å². The highest BCUT2D eigenvalue weighted by atomic mass is 35.5. The van der Waals surface area contributed by atoms with Crippen LogP contribution in [0.1, 0.15) is 11.1 Å². The molecule has 1 aliphatic rings. The van der Waals surface area contributed by atoms with Crippen LogP contribution in [0.15, 0.2) is 53.9 Å². The number of nitrogens with zero attached hydrogens (tertiary/aromatic N) is 4. The first-order valence-electron chi connectivity index (χ1n) is 9.04. The molecule has 11 heteroatoms. The van der Waals surface area contributed by atoms with Crippen molar-refractivity contribution in [2.75, 3.05) is 20.2 Å². The maximum absolute atomic E-state index is 12.3. The number of nitrogens with one attached hydrogen (secondary N) is 1. The van der Waals surface area contributed by atoms with Gasteiger partial charge in [-0.3, -0.25) is 4.98 Å². The minimum atomic E-state index is -0.720. The predicted molar refractivity (Wildman–Crippen MR) is 116 cm³/mol. The smallest absolute Gasteiger partial charge is 0.338 e. The van der Waals surface area contributed by atoms with Gasteiger partial charge in [0, 0.05) is 43.1 Å². The minimum absolute atomic E-state index is 0.191. The fraction of sp³-hybridized carbons (Fsp3) is 0.263. The number of ether oxygens (including phenoxy) is 1. The minimum Gasteiger partial charge on any atom is -0.350 e. The molecule has 1 aliphatic heterocycles. The number of hydrogen-bond donors (Lipinski definition) is 2. The Balaban J connectivity index is 1.47. The highest BCUT2D eigenvalue weighted by molar-refractivity contribution is 8.15. The Bertz CT molecular complexity index is 929. The fourth-order valence-corrected chi connectivity index (χ4v) is 3.75. The van der Waals surface area contributed by atoms with Crippen molar-refractivity contribution >= 4 is 40.5 Å². The van der Waals surface area contributed by atoms with E-state index in [2.05, 4.69) is 15.4 Å². The summed E-state index contributed by atoms with van der Waals surface area (Å²) < 4.78 is 5.75. The zero-order valence-corrected chi connectivity index (χ0v) is 17.8. The number of rotatable bonds is 7. The van der Waals surface area contributed by atoms with Gasteiger partial charge >= 0.3 is 12.1 Å². The van der Waals surface area contributed by atoms with Crippen molar-refractivity contribution < 1.29 is 14.3 Å². The molecule has 0 aliphatic carbocycles. The molecular formula is C19H21ClN6O3S. The molecule has 0 radical (unpaired) electrons. The molecule has 4 amide bonds. The topological polar surface area (TPSA) is 113 Å². The lowest BCUT2D eigenvalue weighted by molar-refractivity contribution is 0.0231. The first kappa shape index (κ1) is 21.9. The van der Waals surface area contributed by atoms with Crippen LogP contribution in [0, 0.1) is 0 Å². The number of amides is 4. The van der Waals surface area contributed by atoms with Gasteiger partial charge in [-0.1, -0.05) is 29.8 Å². The molecule has 1 atom stereocenters. The van der Waals surface area contributed by atoms with Crippen molar-refractivity contribution in [2.45, 2.75) is 12.1 Å². The van der Waals surface area contributed by atoms with E-state index < -0.39 is 11.6 Å². The number of likely N-dealkylation sites (N-methyl/N-ethyl adjacent to an activating group) is 1. The van der Waals surface area contributed by atoms with Crippen LogP contribution < -0.4 is 11.1 Å². The van der Waals surface area contributed by atoms with Crippen LogP contribution >= 0.6 is 23.4 Å². The Morgan fingerprint density at radius 1 is 1.30 bits per heavy atom. The van der Waals surface area contributed by atoms with Gasteiger partial charge in [0.05, 0.1) is 6.61 Å².